The van der Waals surface area contributed by atoms with E-state index in [2.05, 4.69) is 24.0 Å². The van der Waals surface area contributed by atoms with E-state index in [0.29, 0.717) is 17.7 Å². The Bertz CT molecular complexity index is 367. The molecule has 0 spiro atoms. The minimum atomic E-state index is -0.116. The second-order valence-corrected chi connectivity index (χ2v) is 6.27. The number of nitrogens with zero attached hydrogens (tertiary/aromatic N) is 2. The van der Waals surface area contributed by atoms with Crippen LogP contribution in [0.2, 0.25) is 0 Å². The molecule has 1 aliphatic carbocycles. The van der Waals surface area contributed by atoms with Crippen LogP contribution in [0.5, 0.6) is 0 Å². The average molecular weight is 265 g/mol. The summed E-state index contributed by atoms with van der Waals surface area (Å²) < 4.78 is 5.37. The lowest BCUT2D eigenvalue weighted by atomic mass is 9.91. The maximum Gasteiger partial charge on any atom is 0.243 e. The van der Waals surface area contributed by atoms with E-state index in [9.17, 15) is 0 Å². The molecular weight excluding hydrogens is 238 g/mol. The zero-order valence-corrected chi connectivity index (χ0v) is 12.3. The Morgan fingerprint density at radius 3 is 2.42 bits per heavy atom. The summed E-state index contributed by atoms with van der Waals surface area (Å²) >= 11 is 0. The Balaban J connectivity index is 1.98. The van der Waals surface area contributed by atoms with Gasteiger partial charge in [-0.2, -0.15) is 4.98 Å². The highest BCUT2D eigenvalue weighted by Crippen LogP contribution is 2.30. The molecule has 19 heavy (non-hydrogen) atoms. The van der Waals surface area contributed by atoms with Crippen LogP contribution in [-0.2, 0) is 0 Å². The SMILES string of the molecule is CC(C)C[C@@H](N)c1nc(C2CCCCCCC2)no1. The number of hydrogen-bond donors (Lipinski definition) is 1. The molecule has 1 aliphatic rings. The van der Waals surface area contributed by atoms with Crippen LogP contribution in [0.1, 0.15) is 88.9 Å². The fraction of sp³-hybridized carbons (Fsp3) is 0.867. The third-order valence-electron chi connectivity index (χ3n) is 3.97. The van der Waals surface area contributed by atoms with Gasteiger partial charge in [-0.15, -0.1) is 0 Å². The van der Waals surface area contributed by atoms with Gasteiger partial charge in [-0.1, -0.05) is 51.1 Å². The third-order valence-corrected chi connectivity index (χ3v) is 3.97. The van der Waals surface area contributed by atoms with E-state index < -0.39 is 0 Å². The van der Waals surface area contributed by atoms with Crippen LogP contribution >= 0.6 is 0 Å². The van der Waals surface area contributed by atoms with Crippen molar-refractivity contribution in [1.29, 1.82) is 0 Å². The summed E-state index contributed by atoms with van der Waals surface area (Å²) in [5.74, 6) is 2.53. The topological polar surface area (TPSA) is 64.9 Å². The van der Waals surface area contributed by atoms with E-state index in [-0.39, 0.29) is 6.04 Å². The summed E-state index contributed by atoms with van der Waals surface area (Å²) in [4.78, 5) is 4.56. The number of hydrogen-bond acceptors (Lipinski definition) is 4. The van der Waals surface area contributed by atoms with Crippen LogP contribution in [0.4, 0.5) is 0 Å². The standard InChI is InChI=1S/C15H27N3O/c1-11(2)10-13(16)15-17-14(18-19-15)12-8-6-4-3-5-7-9-12/h11-13H,3-10,16H2,1-2H3/t13-/m1/s1. The van der Waals surface area contributed by atoms with Gasteiger partial charge in [0.15, 0.2) is 5.82 Å². The number of nitrogens with two attached hydrogens (primary N) is 1. The molecule has 1 atom stereocenters. The number of rotatable bonds is 4. The minimum Gasteiger partial charge on any atom is -0.338 e. The summed E-state index contributed by atoms with van der Waals surface area (Å²) in [5, 5.41) is 4.17. The van der Waals surface area contributed by atoms with Gasteiger partial charge in [0, 0.05) is 5.92 Å². The van der Waals surface area contributed by atoms with Gasteiger partial charge in [0.05, 0.1) is 6.04 Å². The summed E-state index contributed by atoms with van der Waals surface area (Å²) in [6.45, 7) is 4.32. The van der Waals surface area contributed by atoms with E-state index in [1.54, 1.807) is 0 Å². The molecule has 1 saturated carbocycles. The summed E-state index contributed by atoms with van der Waals surface area (Å²) in [5.41, 5.74) is 6.10. The first-order valence-electron chi connectivity index (χ1n) is 7.76. The fourth-order valence-electron chi connectivity index (χ4n) is 2.89. The molecule has 2 rings (SSSR count). The Labute approximate surface area is 116 Å². The van der Waals surface area contributed by atoms with Crippen LogP contribution in [0, 0.1) is 5.92 Å². The molecule has 0 aromatic carbocycles. The lowest BCUT2D eigenvalue weighted by Gasteiger charge is -2.16. The molecule has 0 saturated heterocycles. The van der Waals surface area contributed by atoms with Gasteiger partial charge in [0.2, 0.25) is 5.89 Å². The van der Waals surface area contributed by atoms with E-state index in [1.165, 1.54) is 44.9 Å². The first-order chi connectivity index (χ1) is 9.16. The van der Waals surface area contributed by atoms with Crippen molar-refractivity contribution in [2.24, 2.45) is 11.7 Å². The van der Waals surface area contributed by atoms with Crippen molar-refractivity contribution in [2.45, 2.75) is 77.2 Å². The maximum absolute atomic E-state index is 6.10. The molecule has 108 valence electrons. The molecule has 1 fully saturated rings. The molecule has 0 unspecified atom stereocenters. The Hall–Kier alpha value is -0.900. The van der Waals surface area contributed by atoms with Crippen LogP contribution in [0.25, 0.3) is 0 Å². The van der Waals surface area contributed by atoms with E-state index >= 15 is 0 Å². The quantitative estimate of drug-likeness (QED) is 0.895. The van der Waals surface area contributed by atoms with Crippen LogP contribution in [-0.4, -0.2) is 10.1 Å². The summed E-state index contributed by atoms with van der Waals surface area (Å²) in [7, 11) is 0. The van der Waals surface area contributed by atoms with E-state index in [0.717, 1.165) is 12.2 Å². The third kappa shape index (κ3) is 4.30. The smallest absolute Gasteiger partial charge is 0.243 e. The highest BCUT2D eigenvalue weighted by molar-refractivity contribution is 4.98. The van der Waals surface area contributed by atoms with Gasteiger partial charge in [0.1, 0.15) is 0 Å². The van der Waals surface area contributed by atoms with Gasteiger partial charge in [-0.25, -0.2) is 0 Å². The second-order valence-electron chi connectivity index (χ2n) is 6.27. The molecule has 0 amide bonds. The molecular formula is C15H27N3O. The Morgan fingerprint density at radius 2 is 1.79 bits per heavy atom. The van der Waals surface area contributed by atoms with Crippen molar-refractivity contribution >= 4 is 0 Å². The predicted molar refractivity (Wildman–Crippen MR) is 75.7 cm³/mol. The van der Waals surface area contributed by atoms with Crippen molar-refractivity contribution in [3.63, 3.8) is 0 Å². The highest BCUT2D eigenvalue weighted by Gasteiger charge is 2.22. The monoisotopic (exact) mass is 265 g/mol. The molecule has 0 radical (unpaired) electrons. The first-order valence-corrected chi connectivity index (χ1v) is 7.76. The molecule has 0 bridgehead atoms. The normalized spacial score (nSPS) is 20.2. The van der Waals surface area contributed by atoms with Crippen LogP contribution in [0.3, 0.4) is 0 Å². The predicted octanol–water partition coefficient (Wildman–Crippen LogP) is 3.94. The molecule has 0 aliphatic heterocycles. The zero-order chi connectivity index (χ0) is 13.7. The average Bonchev–Trinajstić information content (AvgIpc) is 2.76. The Morgan fingerprint density at radius 1 is 1.16 bits per heavy atom. The molecule has 2 N–H and O–H groups in total. The van der Waals surface area contributed by atoms with Crippen molar-refractivity contribution in [3.05, 3.63) is 11.7 Å². The lowest BCUT2D eigenvalue weighted by Crippen LogP contribution is -2.13. The second kappa shape index (κ2) is 7.04. The van der Waals surface area contributed by atoms with Crippen LogP contribution < -0.4 is 5.73 Å². The fourth-order valence-corrected chi connectivity index (χ4v) is 2.89. The van der Waals surface area contributed by atoms with Crippen molar-refractivity contribution in [2.75, 3.05) is 0 Å². The lowest BCUT2D eigenvalue weighted by molar-refractivity contribution is 0.328. The zero-order valence-electron chi connectivity index (χ0n) is 12.3. The van der Waals surface area contributed by atoms with Gasteiger partial charge in [-0.05, 0) is 25.2 Å². The van der Waals surface area contributed by atoms with Gasteiger partial charge < -0.3 is 10.3 Å². The molecule has 4 heteroatoms. The van der Waals surface area contributed by atoms with Crippen LogP contribution in [0.15, 0.2) is 4.52 Å². The van der Waals surface area contributed by atoms with Gasteiger partial charge in [-0.3, -0.25) is 0 Å². The van der Waals surface area contributed by atoms with E-state index in [1.807, 2.05) is 0 Å². The highest BCUT2D eigenvalue weighted by atomic mass is 16.5. The van der Waals surface area contributed by atoms with Gasteiger partial charge >= 0.3 is 0 Å². The first kappa shape index (κ1) is 14.5. The van der Waals surface area contributed by atoms with Gasteiger partial charge in [0.25, 0.3) is 0 Å². The number of aromatic nitrogens is 2. The largest absolute Gasteiger partial charge is 0.338 e. The maximum atomic E-state index is 6.10. The molecule has 1 heterocycles. The Kier molecular flexibility index (Phi) is 5.37. The molecule has 4 nitrogen and oxygen atoms in total. The van der Waals surface area contributed by atoms with Crippen molar-refractivity contribution in [1.82, 2.24) is 10.1 Å². The molecule has 1 aromatic rings. The summed E-state index contributed by atoms with van der Waals surface area (Å²) in [6, 6.07) is -0.116. The van der Waals surface area contributed by atoms with E-state index in [4.69, 9.17) is 10.3 Å². The minimum absolute atomic E-state index is 0.116. The van der Waals surface area contributed by atoms with Crippen molar-refractivity contribution in [3.8, 4) is 0 Å². The summed E-state index contributed by atoms with van der Waals surface area (Å²) in [6.07, 6.45) is 9.91. The molecule has 1 aromatic heterocycles. The van der Waals surface area contributed by atoms with Crippen molar-refractivity contribution < 1.29 is 4.52 Å².